The topological polar surface area (TPSA) is 38.0 Å². The van der Waals surface area contributed by atoms with Gasteiger partial charge in [0.25, 0.3) is 0 Å². The molecular weight excluding hydrogens is 275 g/mol. The highest BCUT2D eigenvalue weighted by Crippen LogP contribution is 2.30. The van der Waals surface area contributed by atoms with E-state index in [-0.39, 0.29) is 17.9 Å². The maximum atomic E-state index is 6.27. The molecule has 2 nitrogen and oxygen atoms in total. The maximum absolute atomic E-state index is 6.27. The van der Waals surface area contributed by atoms with Crippen molar-refractivity contribution in [1.82, 2.24) is 5.32 Å². The number of halogens is 2. The molecule has 1 aliphatic rings. The number of benzene rings is 1. The largest absolute Gasteiger partial charge is 0.319 e. The standard InChI is InChI=1S/C11H15BrN2.ClH/c1-7-8(2)10(12)4-3-9(7)11(13)5-14-6-11;/h3-4,14H,5-6,13H2,1-2H3;1H. The molecule has 1 heterocycles. The highest BCUT2D eigenvalue weighted by atomic mass is 79.9. The van der Waals surface area contributed by atoms with Crippen molar-refractivity contribution < 1.29 is 0 Å². The highest BCUT2D eigenvalue weighted by molar-refractivity contribution is 9.10. The predicted molar refractivity (Wildman–Crippen MR) is 69.6 cm³/mol. The van der Waals surface area contributed by atoms with Crippen LogP contribution in [0.25, 0.3) is 0 Å². The molecule has 1 aromatic carbocycles. The Bertz CT molecular complexity index is 375. The van der Waals surface area contributed by atoms with Crippen LogP contribution in [0.5, 0.6) is 0 Å². The van der Waals surface area contributed by atoms with E-state index in [1.807, 2.05) is 0 Å². The van der Waals surface area contributed by atoms with Crippen LogP contribution in [0.4, 0.5) is 0 Å². The molecule has 1 aliphatic heterocycles. The lowest BCUT2D eigenvalue weighted by atomic mass is 9.82. The zero-order valence-electron chi connectivity index (χ0n) is 8.93. The third-order valence-electron chi connectivity index (χ3n) is 3.14. The fourth-order valence-corrected chi connectivity index (χ4v) is 2.34. The second-order valence-electron chi connectivity index (χ2n) is 4.10. The number of hydrogen-bond acceptors (Lipinski definition) is 2. The Hall–Kier alpha value is -0.0900. The number of nitrogens with one attached hydrogen (secondary N) is 1. The van der Waals surface area contributed by atoms with Crippen LogP contribution >= 0.6 is 28.3 Å². The van der Waals surface area contributed by atoms with Crippen molar-refractivity contribution in [3.8, 4) is 0 Å². The Morgan fingerprint density at radius 2 is 1.87 bits per heavy atom. The lowest BCUT2D eigenvalue weighted by Gasteiger charge is -2.40. The third kappa shape index (κ3) is 2.07. The molecular formula is C11H16BrClN2. The Morgan fingerprint density at radius 1 is 1.27 bits per heavy atom. The zero-order valence-corrected chi connectivity index (χ0v) is 11.3. The van der Waals surface area contributed by atoms with Gasteiger partial charge in [-0.3, -0.25) is 0 Å². The van der Waals surface area contributed by atoms with E-state index in [1.54, 1.807) is 0 Å². The molecule has 0 spiro atoms. The van der Waals surface area contributed by atoms with Gasteiger partial charge in [-0.15, -0.1) is 12.4 Å². The monoisotopic (exact) mass is 290 g/mol. The van der Waals surface area contributed by atoms with Crippen molar-refractivity contribution in [1.29, 1.82) is 0 Å². The van der Waals surface area contributed by atoms with Gasteiger partial charge in [0.1, 0.15) is 0 Å². The number of nitrogens with two attached hydrogens (primary N) is 1. The molecule has 4 heteroatoms. The summed E-state index contributed by atoms with van der Waals surface area (Å²) in [5.74, 6) is 0. The van der Waals surface area contributed by atoms with Crippen molar-refractivity contribution in [2.24, 2.45) is 5.73 Å². The Morgan fingerprint density at radius 3 is 2.33 bits per heavy atom. The van der Waals surface area contributed by atoms with Crippen LogP contribution in [0.15, 0.2) is 16.6 Å². The van der Waals surface area contributed by atoms with E-state index in [1.165, 1.54) is 16.7 Å². The van der Waals surface area contributed by atoms with E-state index in [4.69, 9.17) is 5.73 Å². The fraction of sp³-hybridized carbons (Fsp3) is 0.455. The SMILES string of the molecule is Cc1c(Br)ccc(C2(N)CNC2)c1C.Cl. The van der Waals surface area contributed by atoms with E-state index in [2.05, 4.69) is 47.2 Å². The molecule has 1 aromatic rings. The smallest absolute Gasteiger partial charge is 0.0665 e. The normalized spacial score (nSPS) is 17.9. The lowest BCUT2D eigenvalue weighted by molar-refractivity contribution is 0.285. The van der Waals surface area contributed by atoms with Crippen molar-refractivity contribution in [3.05, 3.63) is 33.3 Å². The minimum atomic E-state index is -0.143. The van der Waals surface area contributed by atoms with Gasteiger partial charge in [0, 0.05) is 17.6 Å². The minimum absolute atomic E-state index is 0. The predicted octanol–water partition coefficient (Wildman–Crippen LogP) is 2.24. The van der Waals surface area contributed by atoms with Gasteiger partial charge in [-0.2, -0.15) is 0 Å². The molecule has 1 saturated heterocycles. The molecule has 3 N–H and O–H groups in total. The Balaban J connectivity index is 0.00000112. The minimum Gasteiger partial charge on any atom is -0.319 e. The second kappa shape index (κ2) is 4.42. The van der Waals surface area contributed by atoms with Crippen LogP contribution in [-0.2, 0) is 5.54 Å². The van der Waals surface area contributed by atoms with Gasteiger partial charge in [0.2, 0.25) is 0 Å². The second-order valence-corrected chi connectivity index (χ2v) is 4.96. The van der Waals surface area contributed by atoms with E-state index < -0.39 is 0 Å². The van der Waals surface area contributed by atoms with Crippen LogP contribution in [0, 0.1) is 13.8 Å². The molecule has 0 saturated carbocycles. The van der Waals surface area contributed by atoms with Crippen LogP contribution in [-0.4, -0.2) is 13.1 Å². The molecule has 0 aromatic heterocycles. The molecule has 84 valence electrons. The van der Waals surface area contributed by atoms with Crippen molar-refractivity contribution >= 4 is 28.3 Å². The zero-order chi connectivity index (χ0) is 10.3. The molecule has 2 rings (SSSR count). The summed E-state index contributed by atoms with van der Waals surface area (Å²) in [5.41, 5.74) is 10.00. The van der Waals surface area contributed by atoms with Crippen molar-refractivity contribution in [3.63, 3.8) is 0 Å². The van der Waals surface area contributed by atoms with Gasteiger partial charge in [0.15, 0.2) is 0 Å². The van der Waals surface area contributed by atoms with Crippen LogP contribution in [0.3, 0.4) is 0 Å². The summed E-state index contributed by atoms with van der Waals surface area (Å²) in [5, 5.41) is 3.22. The summed E-state index contributed by atoms with van der Waals surface area (Å²) in [7, 11) is 0. The molecule has 0 atom stereocenters. The van der Waals surface area contributed by atoms with E-state index in [0.717, 1.165) is 17.6 Å². The van der Waals surface area contributed by atoms with Gasteiger partial charge in [0.05, 0.1) is 5.54 Å². The fourth-order valence-electron chi connectivity index (χ4n) is 1.91. The van der Waals surface area contributed by atoms with Crippen LogP contribution in [0.1, 0.15) is 16.7 Å². The van der Waals surface area contributed by atoms with Crippen molar-refractivity contribution in [2.45, 2.75) is 19.4 Å². The first-order valence-electron chi connectivity index (χ1n) is 4.80. The summed E-state index contributed by atoms with van der Waals surface area (Å²) in [6.07, 6.45) is 0. The van der Waals surface area contributed by atoms with Gasteiger partial charge in [-0.05, 0) is 36.6 Å². The van der Waals surface area contributed by atoms with Gasteiger partial charge < -0.3 is 11.1 Å². The van der Waals surface area contributed by atoms with Gasteiger partial charge in [-0.1, -0.05) is 22.0 Å². The first kappa shape index (κ1) is 13.0. The molecule has 15 heavy (non-hydrogen) atoms. The maximum Gasteiger partial charge on any atom is 0.0665 e. The molecule has 1 fully saturated rings. The number of rotatable bonds is 1. The summed E-state index contributed by atoms with van der Waals surface area (Å²) in [6.45, 7) is 6.03. The summed E-state index contributed by atoms with van der Waals surface area (Å²) < 4.78 is 1.16. The van der Waals surface area contributed by atoms with Gasteiger partial charge in [-0.25, -0.2) is 0 Å². The summed E-state index contributed by atoms with van der Waals surface area (Å²) in [6, 6.07) is 4.22. The van der Waals surface area contributed by atoms with E-state index >= 15 is 0 Å². The highest BCUT2D eigenvalue weighted by Gasteiger charge is 2.35. The van der Waals surface area contributed by atoms with Crippen molar-refractivity contribution in [2.75, 3.05) is 13.1 Å². The molecule has 0 aliphatic carbocycles. The van der Waals surface area contributed by atoms with Crippen LogP contribution < -0.4 is 11.1 Å². The Labute approximate surface area is 105 Å². The average molecular weight is 292 g/mol. The lowest BCUT2D eigenvalue weighted by Crippen LogP contribution is -2.63. The van der Waals surface area contributed by atoms with Gasteiger partial charge >= 0.3 is 0 Å². The summed E-state index contributed by atoms with van der Waals surface area (Å²) >= 11 is 3.53. The molecule has 0 radical (unpaired) electrons. The molecule has 0 bridgehead atoms. The number of hydrogen-bond donors (Lipinski definition) is 2. The Kier molecular flexibility index (Phi) is 3.82. The first-order valence-corrected chi connectivity index (χ1v) is 5.60. The van der Waals surface area contributed by atoms with Crippen LogP contribution in [0.2, 0.25) is 0 Å². The molecule has 0 amide bonds. The first-order chi connectivity index (χ1) is 6.54. The summed E-state index contributed by atoms with van der Waals surface area (Å²) in [4.78, 5) is 0. The van der Waals surface area contributed by atoms with E-state index in [0.29, 0.717) is 0 Å². The average Bonchev–Trinajstić information content (AvgIpc) is 2.11. The third-order valence-corrected chi connectivity index (χ3v) is 4.00. The quantitative estimate of drug-likeness (QED) is 0.833. The molecule has 0 unspecified atom stereocenters. The van der Waals surface area contributed by atoms with E-state index in [9.17, 15) is 0 Å².